The van der Waals surface area contributed by atoms with Gasteiger partial charge in [0, 0.05) is 18.8 Å². The van der Waals surface area contributed by atoms with E-state index in [1.54, 1.807) is 34.3 Å². The van der Waals surface area contributed by atoms with Crippen molar-refractivity contribution in [3.8, 4) is 0 Å². The topological polar surface area (TPSA) is 71.4 Å². The summed E-state index contributed by atoms with van der Waals surface area (Å²) in [6, 6.07) is 4.28. The van der Waals surface area contributed by atoms with Gasteiger partial charge in [-0.1, -0.05) is 35.5 Å². The first-order valence-electron chi connectivity index (χ1n) is 11.3. The molecule has 35 heavy (non-hydrogen) atoms. The lowest BCUT2D eigenvalue weighted by molar-refractivity contribution is -0.140. The molecular formula is C24H26F3N3O4S. The molecule has 0 aromatic heterocycles. The zero-order chi connectivity index (χ0) is 25.3. The molecule has 11 heteroatoms. The van der Waals surface area contributed by atoms with E-state index in [-0.39, 0.29) is 24.1 Å². The SMILES string of the molecule is CCOC(=O)C1=C(C(F)(F)F)N=C2SC=C(CC(=O)N3CCOCC3)N2C1c1cc(C)ccc1C. The Labute approximate surface area is 205 Å². The zero-order valence-electron chi connectivity index (χ0n) is 19.6. The number of carbonyl (C=O) groups excluding carboxylic acids is 2. The Morgan fingerprint density at radius 3 is 2.60 bits per heavy atom. The van der Waals surface area contributed by atoms with E-state index in [0.29, 0.717) is 43.1 Å². The van der Waals surface area contributed by atoms with Gasteiger partial charge in [0.25, 0.3) is 0 Å². The number of benzene rings is 1. The van der Waals surface area contributed by atoms with E-state index in [9.17, 15) is 22.8 Å². The number of fused-ring (bicyclic) bond motifs is 1. The quantitative estimate of drug-likeness (QED) is 0.554. The molecule has 3 heterocycles. The number of allylic oxidation sites excluding steroid dienone is 1. The van der Waals surface area contributed by atoms with Crippen LogP contribution in [0.15, 0.2) is 45.6 Å². The molecule has 1 atom stereocenters. The van der Waals surface area contributed by atoms with Crippen LogP contribution >= 0.6 is 11.8 Å². The standard InChI is InChI=1S/C24H26F3N3O4S/c1-4-34-22(32)19-20(17-11-14(2)5-6-15(17)3)30-16(12-18(31)29-7-9-33-10-8-29)13-35-23(30)28-21(19)24(25,26)27/h5-6,11,13,20H,4,7-10,12H2,1-3H3. The Kier molecular flexibility index (Phi) is 7.27. The predicted molar refractivity (Wildman–Crippen MR) is 125 cm³/mol. The molecule has 7 nitrogen and oxygen atoms in total. The Morgan fingerprint density at radius 1 is 1.23 bits per heavy atom. The van der Waals surface area contributed by atoms with Crippen LogP contribution in [0, 0.1) is 13.8 Å². The molecule has 0 bridgehead atoms. The van der Waals surface area contributed by atoms with Crippen LogP contribution in [-0.2, 0) is 19.1 Å². The minimum Gasteiger partial charge on any atom is -0.463 e. The van der Waals surface area contributed by atoms with Crippen LogP contribution in [0.25, 0.3) is 0 Å². The molecule has 3 aliphatic rings. The largest absolute Gasteiger partial charge is 0.463 e. The van der Waals surface area contributed by atoms with Crippen molar-refractivity contribution < 1.29 is 32.2 Å². The van der Waals surface area contributed by atoms with Crippen molar-refractivity contribution in [1.82, 2.24) is 9.80 Å². The number of morpholine rings is 1. The van der Waals surface area contributed by atoms with Crippen molar-refractivity contribution >= 4 is 28.8 Å². The number of ether oxygens (including phenoxy) is 2. The second-order valence-corrected chi connectivity index (χ2v) is 9.24. The number of thioether (sulfide) groups is 1. The Bertz CT molecular complexity index is 1120. The minimum absolute atomic E-state index is 0.0369. The summed E-state index contributed by atoms with van der Waals surface area (Å²) < 4.78 is 52.9. The van der Waals surface area contributed by atoms with Gasteiger partial charge in [0.05, 0.1) is 37.9 Å². The van der Waals surface area contributed by atoms with Crippen LogP contribution in [-0.4, -0.2) is 65.9 Å². The highest BCUT2D eigenvalue weighted by Gasteiger charge is 2.49. The summed E-state index contributed by atoms with van der Waals surface area (Å²) in [7, 11) is 0. The first-order chi connectivity index (χ1) is 16.6. The second kappa shape index (κ2) is 10.1. The number of esters is 1. The number of alkyl halides is 3. The third-order valence-electron chi connectivity index (χ3n) is 6.00. The number of halogens is 3. The van der Waals surface area contributed by atoms with Gasteiger partial charge in [-0.15, -0.1) is 0 Å². The van der Waals surface area contributed by atoms with E-state index in [0.717, 1.165) is 17.3 Å². The van der Waals surface area contributed by atoms with Gasteiger partial charge in [-0.3, -0.25) is 4.79 Å². The van der Waals surface area contributed by atoms with Gasteiger partial charge in [0.2, 0.25) is 5.91 Å². The van der Waals surface area contributed by atoms with E-state index in [1.807, 2.05) is 13.0 Å². The number of aliphatic imine (C=N–C) groups is 1. The van der Waals surface area contributed by atoms with E-state index in [1.165, 1.54) is 6.92 Å². The Hall–Kier alpha value is -2.79. The molecule has 4 rings (SSSR count). The second-order valence-electron chi connectivity index (χ2n) is 8.40. The third-order valence-corrected chi connectivity index (χ3v) is 6.89. The van der Waals surface area contributed by atoms with Gasteiger partial charge in [-0.05, 0) is 37.3 Å². The van der Waals surface area contributed by atoms with Crippen molar-refractivity contribution in [2.75, 3.05) is 32.9 Å². The van der Waals surface area contributed by atoms with Crippen LogP contribution in [0.4, 0.5) is 13.2 Å². The minimum atomic E-state index is -4.87. The molecule has 1 unspecified atom stereocenters. The molecule has 188 valence electrons. The smallest absolute Gasteiger partial charge is 0.434 e. The van der Waals surface area contributed by atoms with E-state index in [4.69, 9.17) is 9.47 Å². The average Bonchev–Trinajstić information content (AvgIpc) is 3.22. The summed E-state index contributed by atoms with van der Waals surface area (Å²) in [5, 5.41) is 1.71. The summed E-state index contributed by atoms with van der Waals surface area (Å²) in [6.07, 6.45) is -4.91. The lowest BCUT2D eigenvalue weighted by Gasteiger charge is -2.38. The molecule has 1 aromatic carbocycles. The summed E-state index contributed by atoms with van der Waals surface area (Å²) in [5.74, 6) is -1.24. The number of hydrogen-bond acceptors (Lipinski definition) is 7. The molecule has 1 amide bonds. The van der Waals surface area contributed by atoms with Crippen molar-refractivity contribution in [3.05, 3.63) is 57.3 Å². The van der Waals surface area contributed by atoms with Crippen LogP contribution < -0.4 is 0 Å². The number of amidine groups is 1. The zero-order valence-corrected chi connectivity index (χ0v) is 20.5. The average molecular weight is 510 g/mol. The highest BCUT2D eigenvalue weighted by molar-refractivity contribution is 8.16. The summed E-state index contributed by atoms with van der Waals surface area (Å²) in [6.45, 7) is 6.83. The third kappa shape index (κ3) is 5.11. The van der Waals surface area contributed by atoms with Gasteiger partial charge in [-0.2, -0.15) is 13.2 Å². The lowest BCUT2D eigenvalue weighted by atomic mass is 9.89. The molecule has 0 aliphatic carbocycles. The van der Waals surface area contributed by atoms with E-state index in [2.05, 4.69) is 4.99 Å². The predicted octanol–water partition coefficient (Wildman–Crippen LogP) is 4.23. The van der Waals surface area contributed by atoms with Crippen LogP contribution in [0.2, 0.25) is 0 Å². The van der Waals surface area contributed by atoms with Gasteiger partial charge in [0.15, 0.2) is 10.9 Å². The number of aryl methyl sites for hydroxylation is 2. The maximum absolute atomic E-state index is 14.2. The first-order valence-corrected chi connectivity index (χ1v) is 12.1. The molecule has 3 aliphatic heterocycles. The molecule has 0 radical (unpaired) electrons. The molecule has 0 spiro atoms. The maximum Gasteiger partial charge on any atom is 0.434 e. The summed E-state index contributed by atoms with van der Waals surface area (Å²) in [5.41, 5.74) is 0.696. The van der Waals surface area contributed by atoms with E-state index < -0.39 is 29.5 Å². The fourth-order valence-corrected chi connectivity index (χ4v) is 5.24. The fourth-order valence-electron chi connectivity index (χ4n) is 4.32. The normalized spacial score (nSPS) is 20.5. The van der Waals surface area contributed by atoms with E-state index >= 15 is 0 Å². The highest BCUT2D eigenvalue weighted by Crippen LogP contribution is 2.48. The van der Waals surface area contributed by atoms with Crippen LogP contribution in [0.1, 0.15) is 36.1 Å². The molecule has 1 saturated heterocycles. The Balaban J connectivity index is 1.83. The molecule has 0 N–H and O–H groups in total. The molecular weight excluding hydrogens is 483 g/mol. The van der Waals surface area contributed by atoms with Crippen LogP contribution in [0.5, 0.6) is 0 Å². The van der Waals surface area contributed by atoms with Crippen molar-refractivity contribution in [3.63, 3.8) is 0 Å². The number of rotatable bonds is 5. The number of nitrogens with zero attached hydrogens (tertiary/aromatic N) is 3. The Morgan fingerprint density at radius 2 is 1.94 bits per heavy atom. The monoisotopic (exact) mass is 509 g/mol. The van der Waals surface area contributed by atoms with Crippen molar-refractivity contribution in [2.24, 2.45) is 4.99 Å². The van der Waals surface area contributed by atoms with Gasteiger partial charge in [-0.25, -0.2) is 9.79 Å². The highest BCUT2D eigenvalue weighted by atomic mass is 32.2. The van der Waals surface area contributed by atoms with Gasteiger partial charge in [0.1, 0.15) is 0 Å². The number of hydrogen-bond donors (Lipinski definition) is 0. The van der Waals surface area contributed by atoms with Crippen molar-refractivity contribution in [1.29, 1.82) is 0 Å². The first kappa shape index (κ1) is 25.3. The maximum atomic E-state index is 14.2. The molecule has 1 aromatic rings. The number of amides is 1. The van der Waals surface area contributed by atoms with Crippen LogP contribution in [0.3, 0.4) is 0 Å². The van der Waals surface area contributed by atoms with Crippen molar-refractivity contribution in [2.45, 2.75) is 39.4 Å². The summed E-state index contributed by atoms with van der Waals surface area (Å²) in [4.78, 5) is 33.1. The fraction of sp³-hybridized carbons (Fsp3) is 0.458. The molecule has 0 saturated carbocycles. The number of carbonyl (C=O) groups is 2. The lowest BCUT2D eigenvalue weighted by Crippen LogP contribution is -2.43. The molecule has 1 fully saturated rings. The summed E-state index contributed by atoms with van der Waals surface area (Å²) >= 11 is 1.01. The van der Waals surface area contributed by atoms with Gasteiger partial charge >= 0.3 is 12.1 Å². The van der Waals surface area contributed by atoms with Gasteiger partial charge < -0.3 is 19.3 Å².